The minimum absolute atomic E-state index is 0.0649. The maximum absolute atomic E-state index is 5.72. The first-order chi connectivity index (χ1) is 6.85. The van der Waals surface area contributed by atoms with Crippen molar-refractivity contribution in [3.63, 3.8) is 0 Å². The second-order valence-electron chi connectivity index (χ2n) is 4.45. The lowest BCUT2D eigenvalue weighted by atomic mass is 9.84. The van der Waals surface area contributed by atoms with Crippen molar-refractivity contribution >= 4 is 0 Å². The molecule has 3 heteroatoms. The van der Waals surface area contributed by atoms with Crippen molar-refractivity contribution < 1.29 is 14.2 Å². The van der Waals surface area contributed by atoms with Crippen LogP contribution in [0.5, 0.6) is 0 Å². The Balaban J connectivity index is 1.89. The molecule has 1 aliphatic heterocycles. The van der Waals surface area contributed by atoms with E-state index in [0.717, 1.165) is 0 Å². The van der Waals surface area contributed by atoms with Crippen molar-refractivity contribution in [2.45, 2.75) is 19.0 Å². The molecule has 0 aromatic rings. The molecule has 1 saturated heterocycles. The van der Waals surface area contributed by atoms with Crippen LogP contribution in [0.2, 0.25) is 0 Å². The van der Waals surface area contributed by atoms with Crippen LogP contribution in [0.4, 0.5) is 0 Å². The van der Waals surface area contributed by atoms with E-state index in [4.69, 9.17) is 14.2 Å². The van der Waals surface area contributed by atoms with Crippen LogP contribution in [0.25, 0.3) is 0 Å². The number of hydrogen-bond acceptors (Lipinski definition) is 3. The van der Waals surface area contributed by atoms with Gasteiger partial charge in [-0.05, 0) is 18.3 Å². The van der Waals surface area contributed by atoms with Gasteiger partial charge in [-0.25, -0.2) is 0 Å². The predicted octanol–water partition coefficient (Wildman–Crippen LogP) is 1.40. The molecule has 3 aliphatic rings. The molecule has 14 heavy (non-hydrogen) atoms. The van der Waals surface area contributed by atoms with Gasteiger partial charge in [-0.15, -0.1) is 0 Å². The normalized spacial score (nSPS) is 54.1. The third kappa shape index (κ3) is 0.977. The maximum atomic E-state index is 5.72. The Kier molecular flexibility index (Phi) is 1.94. The van der Waals surface area contributed by atoms with E-state index >= 15 is 0 Å². The topological polar surface area (TPSA) is 27.7 Å². The van der Waals surface area contributed by atoms with E-state index in [2.05, 4.69) is 12.2 Å². The van der Waals surface area contributed by atoms with Crippen LogP contribution in [0, 0.1) is 23.7 Å². The van der Waals surface area contributed by atoms with Gasteiger partial charge in [0.1, 0.15) is 0 Å². The molecule has 0 aromatic carbocycles. The molecule has 78 valence electrons. The summed E-state index contributed by atoms with van der Waals surface area (Å²) in [6.45, 7) is 0. The summed E-state index contributed by atoms with van der Waals surface area (Å²) in [6, 6.07) is 0. The van der Waals surface area contributed by atoms with Crippen molar-refractivity contribution in [3.8, 4) is 0 Å². The average Bonchev–Trinajstić information content (AvgIpc) is 2.88. The Morgan fingerprint density at radius 2 is 1.50 bits per heavy atom. The molecule has 2 bridgehead atoms. The lowest BCUT2D eigenvalue weighted by molar-refractivity contribution is -0.202. The van der Waals surface area contributed by atoms with E-state index < -0.39 is 0 Å². The molecule has 0 radical (unpaired) electrons. The second kappa shape index (κ2) is 3.05. The summed E-state index contributed by atoms with van der Waals surface area (Å²) in [5.74, 6) is 2.32. The predicted molar refractivity (Wildman–Crippen MR) is 50.4 cm³/mol. The summed E-state index contributed by atoms with van der Waals surface area (Å²) in [7, 11) is 3.44. The number of methoxy groups -OCH3 is 2. The zero-order valence-corrected chi connectivity index (χ0v) is 8.55. The number of hydrogen-bond donors (Lipinski definition) is 0. The molecule has 0 spiro atoms. The van der Waals surface area contributed by atoms with Gasteiger partial charge in [0.15, 0.2) is 12.6 Å². The summed E-state index contributed by atoms with van der Waals surface area (Å²) >= 11 is 0. The minimum atomic E-state index is -0.0649. The molecule has 0 amide bonds. The van der Waals surface area contributed by atoms with Crippen molar-refractivity contribution in [1.82, 2.24) is 0 Å². The number of rotatable bonds is 2. The van der Waals surface area contributed by atoms with Crippen molar-refractivity contribution in [3.05, 3.63) is 12.2 Å². The second-order valence-corrected chi connectivity index (χ2v) is 4.45. The molecule has 2 fully saturated rings. The first kappa shape index (κ1) is 8.89. The summed E-state index contributed by atoms with van der Waals surface area (Å²) in [4.78, 5) is 0. The zero-order chi connectivity index (χ0) is 9.71. The van der Waals surface area contributed by atoms with Gasteiger partial charge in [-0.2, -0.15) is 0 Å². The van der Waals surface area contributed by atoms with E-state index in [1.165, 1.54) is 6.42 Å². The molecule has 3 nitrogen and oxygen atoms in total. The van der Waals surface area contributed by atoms with Gasteiger partial charge in [0, 0.05) is 26.1 Å². The van der Waals surface area contributed by atoms with Crippen LogP contribution in [0.1, 0.15) is 6.42 Å². The van der Waals surface area contributed by atoms with Crippen LogP contribution in [-0.2, 0) is 14.2 Å². The summed E-state index contributed by atoms with van der Waals surface area (Å²) < 4.78 is 16.5. The van der Waals surface area contributed by atoms with E-state index in [-0.39, 0.29) is 12.6 Å². The molecular formula is C11H16O3. The minimum Gasteiger partial charge on any atom is -0.355 e. The van der Waals surface area contributed by atoms with Gasteiger partial charge in [0.05, 0.1) is 0 Å². The Labute approximate surface area is 84.0 Å². The highest BCUT2D eigenvalue weighted by atomic mass is 16.8. The van der Waals surface area contributed by atoms with Gasteiger partial charge < -0.3 is 14.2 Å². The molecule has 0 N–H and O–H groups in total. The van der Waals surface area contributed by atoms with Gasteiger partial charge in [-0.3, -0.25) is 0 Å². The maximum Gasteiger partial charge on any atom is 0.164 e. The zero-order valence-electron chi connectivity index (χ0n) is 8.55. The smallest absolute Gasteiger partial charge is 0.164 e. The average molecular weight is 196 g/mol. The largest absolute Gasteiger partial charge is 0.355 e. The van der Waals surface area contributed by atoms with E-state index in [9.17, 15) is 0 Å². The number of allylic oxidation sites excluding steroid dienone is 2. The van der Waals surface area contributed by atoms with Crippen LogP contribution in [-0.4, -0.2) is 26.8 Å². The van der Waals surface area contributed by atoms with Crippen molar-refractivity contribution in [2.75, 3.05) is 14.2 Å². The first-order valence-corrected chi connectivity index (χ1v) is 5.24. The fourth-order valence-corrected chi connectivity index (χ4v) is 3.40. The quantitative estimate of drug-likeness (QED) is 0.625. The summed E-state index contributed by atoms with van der Waals surface area (Å²) in [5.41, 5.74) is 0. The Bertz CT molecular complexity index is 239. The van der Waals surface area contributed by atoms with E-state index in [1.54, 1.807) is 14.2 Å². The lowest BCUT2D eigenvalue weighted by Gasteiger charge is -2.23. The third-order valence-corrected chi connectivity index (χ3v) is 3.94. The fourth-order valence-electron chi connectivity index (χ4n) is 3.40. The monoisotopic (exact) mass is 196 g/mol. The fraction of sp³-hybridized carbons (Fsp3) is 0.818. The molecule has 2 aliphatic carbocycles. The van der Waals surface area contributed by atoms with Crippen LogP contribution in [0.15, 0.2) is 12.2 Å². The first-order valence-electron chi connectivity index (χ1n) is 5.24. The van der Waals surface area contributed by atoms with Crippen molar-refractivity contribution in [2.24, 2.45) is 23.7 Å². The molecule has 1 heterocycles. The lowest BCUT2D eigenvalue weighted by Crippen LogP contribution is -2.27. The Hall–Kier alpha value is -0.380. The van der Waals surface area contributed by atoms with Crippen LogP contribution < -0.4 is 0 Å². The Morgan fingerprint density at radius 3 is 1.93 bits per heavy atom. The van der Waals surface area contributed by atoms with Crippen molar-refractivity contribution in [1.29, 1.82) is 0 Å². The standard InChI is InChI=1S/C11H16O3/c1-12-10-8-6-3-4-7(5-6)9(8)11(13-2)14-10/h3-4,6-11H,5H2,1-2H3/t6-,7+,8-,9-,10-,11+/m0/s1. The van der Waals surface area contributed by atoms with Gasteiger partial charge in [0.25, 0.3) is 0 Å². The van der Waals surface area contributed by atoms with E-state index in [0.29, 0.717) is 23.7 Å². The Morgan fingerprint density at radius 1 is 1.00 bits per heavy atom. The third-order valence-electron chi connectivity index (χ3n) is 3.94. The van der Waals surface area contributed by atoms with Crippen LogP contribution in [0.3, 0.4) is 0 Å². The van der Waals surface area contributed by atoms with Gasteiger partial charge >= 0.3 is 0 Å². The SMILES string of the molecule is CO[C@@H]1O[C@H](OC)[C@@H]2[C@@H]1[C@@H]1C=C[C@H]2C1. The highest BCUT2D eigenvalue weighted by molar-refractivity contribution is 5.16. The molecule has 6 atom stereocenters. The summed E-state index contributed by atoms with van der Waals surface area (Å²) in [5, 5.41) is 0. The highest BCUT2D eigenvalue weighted by Gasteiger charge is 2.57. The molecule has 1 saturated carbocycles. The van der Waals surface area contributed by atoms with Gasteiger partial charge in [-0.1, -0.05) is 12.2 Å². The highest BCUT2D eigenvalue weighted by Crippen LogP contribution is 2.55. The number of fused-ring (bicyclic) bond motifs is 5. The summed E-state index contributed by atoms with van der Waals surface area (Å²) in [6.07, 6.45) is 5.77. The molecular weight excluding hydrogens is 180 g/mol. The molecule has 0 unspecified atom stereocenters. The van der Waals surface area contributed by atoms with Crippen LogP contribution >= 0.6 is 0 Å². The molecule has 0 aromatic heterocycles. The van der Waals surface area contributed by atoms with E-state index in [1.807, 2.05) is 0 Å². The van der Waals surface area contributed by atoms with Gasteiger partial charge in [0.2, 0.25) is 0 Å². The molecule has 3 rings (SSSR count). The number of ether oxygens (including phenoxy) is 3.